The number of pyridine rings is 1. The van der Waals surface area contributed by atoms with Crippen molar-refractivity contribution in [3.63, 3.8) is 0 Å². The van der Waals surface area contributed by atoms with Crippen LogP contribution in [-0.2, 0) is 16.1 Å². The van der Waals surface area contributed by atoms with Crippen molar-refractivity contribution in [2.24, 2.45) is 17.3 Å². The Balaban J connectivity index is 1.57. The second-order valence-electron chi connectivity index (χ2n) is 6.68. The van der Waals surface area contributed by atoms with E-state index in [1.807, 2.05) is 0 Å². The Morgan fingerprint density at radius 2 is 1.92 bits per heavy atom. The Hall–Kier alpha value is -3.02. The number of rotatable bonds is 3. The lowest BCUT2D eigenvalue weighted by Gasteiger charge is -2.12. The molecular formula is C19H17N3O3. The lowest BCUT2D eigenvalue weighted by atomic mass is 9.92. The number of anilines is 1. The van der Waals surface area contributed by atoms with E-state index in [1.165, 1.54) is 0 Å². The number of fused-ring (bicyclic) bond motifs is 2. The highest BCUT2D eigenvalue weighted by atomic mass is 16.2. The van der Waals surface area contributed by atoms with Gasteiger partial charge in [0.1, 0.15) is 0 Å². The van der Waals surface area contributed by atoms with Crippen molar-refractivity contribution in [2.75, 3.05) is 5.32 Å². The molecule has 0 saturated heterocycles. The SMILES string of the molecule is C[C@]12C(=O)c3ccccc3NC(=O)[C@@H]1[C@H]2C(=O)NCc1ccncc1. The van der Waals surface area contributed by atoms with E-state index in [4.69, 9.17) is 0 Å². The van der Waals surface area contributed by atoms with Gasteiger partial charge in [0, 0.05) is 24.5 Å². The summed E-state index contributed by atoms with van der Waals surface area (Å²) in [5.41, 5.74) is 0.904. The molecule has 126 valence electrons. The van der Waals surface area contributed by atoms with Gasteiger partial charge in [-0.05, 0) is 29.8 Å². The molecule has 25 heavy (non-hydrogen) atoms. The van der Waals surface area contributed by atoms with E-state index in [0.717, 1.165) is 5.56 Å². The normalized spacial score (nSPS) is 26.8. The molecular weight excluding hydrogens is 318 g/mol. The van der Waals surface area contributed by atoms with Crippen LogP contribution in [0.5, 0.6) is 0 Å². The van der Waals surface area contributed by atoms with E-state index in [2.05, 4.69) is 15.6 Å². The number of nitrogens with zero attached hydrogens (tertiary/aromatic N) is 1. The molecule has 2 amide bonds. The number of aromatic nitrogens is 1. The number of hydrogen-bond acceptors (Lipinski definition) is 4. The Morgan fingerprint density at radius 1 is 1.20 bits per heavy atom. The van der Waals surface area contributed by atoms with E-state index < -0.39 is 17.3 Å². The number of amides is 2. The predicted molar refractivity (Wildman–Crippen MR) is 90.6 cm³/mol. The Bertz CT molecular complexity index is 880. The minimum absolute atomic E-state index is 0.157. The molecule has 1 aliphatic heterocycles. The molecule has 2 heterocycles. The highest BCUT2D eigenvalue weighted by Crippen LogP contribution is 2.62. The highest BCUT2D eigenvalue weighted by molar-refractivity contribution is 6.19. The molecule has 2 N–H and O–H groups in total. The molecule has 1 aliphatic carbocycles. The van der Waals surface area contributed by atoms with Crippen molar-refractivity contribution < 1.29 is 14.4 Å². The summed E-state index contributed by atoms with van der Waals surface area (Å²) >= 11 is 0. The van der Waals surface area contributed by atoms with Crippen LogP contribution in [0.2, 0.25) is 0 Å². The molecule has 1 aromatic heterocycles. The van der Waals surface area contributed by atoms with Crippen LogP contribution in [0.25, 0.3) is 0 Å². The fourth-order valence-corrected chi connectivity index (χ4v) is 3.73. The van der Waals surface area contributed by atoms with Crippen molar-refractivity contribution in [3.8, 4) is 0 Å². The van der Waals surface area contributed by atoms with E-state index in [0.29, 0.717) is 17.8 Å². The molecule has 3 atom stereocenters. The van der Waals surface area contributed by atoms with E-state index >= 15 is 0 Å². The predicted octanol–water partition coefficient (Wildman–Crippen LogP) is 1.79. The largest absolute Gasteiger partial charge is 0.352 e. The Morgan fingerprint density at radius 3 is 2.68 bits per heavy atom. The minimum Gasteiger partial charge on any atom is -0.352 e. The van der Waals surface area contributed by atoms with Gasteiger partial charge < -0.3 is 10.6 Å². The number of carbonyl (C=O) groups excluding carboxylic acids is 3. The van der Waals surface area contributed by atoms with Gasteiger partial charge in [0.15, 0.2) is 5.78 Å². The zero-order valence-electron chi connectivity index (χ0n) is 13.7. The van der Waals surface area contributed by atoms with Crippen LogP contribution < -0.4 is 10.6 Å². The lowest BCUT2D eigenvalue weighted by molar-refractivity contribution is -0.125. The first kappa shape index (κ1) is 15.5. The van der Waals surface area contributed by atoms with Gasteiger partial charge in [0.05, 0.1) is 22.9 Å². The number of benzene rings is 1. The first-order valence-corrected chi connectivity index (χ1v) is 8.15. The standard InChI is InChI=1S/C19H17N3O3/c1-19-14(17(24)21-10-11-6-8-20-9-7-11)15(19)18(25)22-13-5-3-2-4-12(13)16(19)23/h2-9,14-15H,10H2,1H3,(H,21,24)(H,22,25)/t14-,15-,19+/m0/s1. The first-order valence-electron chi connectivity index (χ1n) is 8.15. The highest BCUT2D eigenvalue weighted by Gasteiger charge is 2.73. The maximum atomic E-state index is 13.0. The fourth-order valence-electron chi connectivity index (χ4n) is 3.73. The molecule has 0 bridgehead atoms. The number of carbonyl (C=O) groups is 3. The number of nitrogens with one attached hydrogen (secondary N) is 2. The van der Waals surface area contributed by atoms with Gasteiger partial charge in [-0.15, -0.1) is 0 Å². The van der Waals surface area contributed by atoms with Gasteiger partial charge in [0.2, 0.25) is 11.8 Å². The van der Waals surface area contributed by atoms with Gasteiger partial charge in [-0.2, -0.15) is 0 Å². The zero-order valence-corrected chi connectivity index (χ0v) is 13.7. The summed E-state index contributed by atoms with van der Waals surface area (Å²) in [7, 11) is 0. The molecule has 1 aromatic carbocycles. The molecule has 1 fully saturated rings. The maximum absolute atomic E-state index is 13.0. The van der Waals surface area contributed by atoms with Crippen LogP contribution in [0.1, 0.15) is 22.8 Å². The number of para-hydroxylation sites is 1. The molecule has 0 unspecified atom stereocenters. The molecule has 2 aromatic rings. The van der Waals surface area contributed by atoms with Crippen LogP contribution in [0.15, 0.2) is 48.8 Å². The lowest BCUT2D eigenvalue weighted by Crippen LogP contribution is -2.29. The monoisotopic (exact) mass is 335 g/mol. The second-order valence-corrected chi connectivity index (χ2v) is 6.68. The van der Waals surface area contributed by atoms with Crippen molar-refractivity contribution in [3.05, 3.63) is 59.9 Å². The summed E-state index contributed by atoms with van der Waals surface area (Å²) in [5.74, 6) is -1.98. The first-order chi connectivity index (χ1) is 12.0. The summed E-state index contributed by atoms with van der Waals surface area (Å²) in [5, 5.41) is 5.61. The van der Waals surface area contributed by atoms with Gasteiger partial charge in [-0.25, -0.2) is 0 Å². The summed E-state index contributed by atoms with van der Waals surface area (Å²) in [6.45, 7) is 2.05. The van der Waals surface area contributed by atoms with Crippen LogP contribution >= 0.6 is 0 Å². The van der Waals surface area contributed by atoms with Crippen LogP contribution in [0, 0.1) is 17.3 Å². The number of Topliss-reactive ketones (excluding diaryl/α,β-unsaturated/α-hetero) is 1. The minimum atomic E-state index is -0.987. The average Bonchev–Trinajstić information content (AvgIpc) is 3.28. The third-order valence-electron chi connectivity index (χ3n) is 5.22. The van der Waals surface area contributed by atoms with Gasteiger partial charge >= 0.3 is 0 Å². The number of hydrogen-bond donors (Lipinski definition) is 2. The number of ketones is 1. The molecule has 2 aliphatic rings. The van der Waals surface area contributed by atoms with Crippen molar-refractivity contribution >= 4 is 23.3 Å². The molecule has 0 spiro atoms. The van der Waals surface area contributed by atoms with E-state index in [9.17, 15) is 14.4 Å². The van der Waals surface area contributed by atoms with Crippen LogP contribution in [-0.4, -0.2) is 22.6 Å². The Labute approximate surface area is 144 Å². The van der Waals surface area contributed by atoms with Gasteiger partial charge in [0.25, 0.3) is 0 Å². The van der Waals surface area contributed by atoms with Gasteiger partial charge in [-0.1, -0.05) is 19.1 Å². The van der Waals surface area contributed by atoms with E-state index in [1.54, 1.807) is 55.7 Å². The summed E-state index contributed by atoms with van der Waals surface area (Å²) in [4.78, 5) is 42.0. The van der Waals surface area contributed by atoms with Crippen molar-refractivity contribution in [2.45, 2.75) is 13.5 Å². The molecule has 6 nitrogen and oxygen atoms in total. The Kier molecular flexibility index (Phi) is 3.42. The summed E-state index contributed by atoms with van der Waals surface area (Å²) in [6, 6.07) is 10.5. The van der Waals surface area contributed by atoms with Crippen LogP contribution in [0.4, 0.5) is 5.69 Å². The molecule has 1 saturated carbocycles. The third kappa shape index (κ3) is 2.33. The van der Waals surface area contributed by atoms with Crippen molar-refractivity contribution in [1.82, 2.24) is 10.3 Å². The topological polar surface area (TPSA) is 88.2 Å². The second kappa shape index (κ2) is 5.51. The quantitative estimate of drug-likeness (QED) is 0.895. The third-order valence-corrected chi connectivity index (χ3v) is 5.22. The summed E-state index contributed by atoms with van der Waals surface area (Å²) < 4.78 is 0. The van der Waals surface area contributed by atoms with E-state index in [-0.39, 0.29) is 17.6 Å². The smallest absolute Gasteiger partial charge is 0.229 e. The maximum Gasteiger partial charge on any atom is 0.229 e. The average molecular weight is 335 g/mol. The van der Waals surface area contributed by atoms with Crippen LogP contribution in [0.3, 0.4) is 0 Å². The van der Waals surface area contributed by atoms with Crippen molar-refractivity contribution in [1.29, 1.82) is 0 Å². The molecule has 0 radical (unpaired) electrons. The molecule has 4 rings (SSSR count). The zero-order chi connectivity index (χ0) is 17.6. The fraction of sp³-hybridized carbons (Fsp3) is 0.263. The molecule has 6 heteroatoms. The summed E-state index contributed by atoms with van der Waals surface area (Å²) in [6.07, 6.45) is 3.30. The van der Waals surface area contributed by atoms with Gasteiger partial charge in [-0.3, -0.25) is 19.4 Å².